The Hall–Kier alpha value is -6.66. The highest BCUT2D eigenvalue weighted by Gasteiger charge is 2.52. The molecule has 3 fully saturated rings. The highest BCUT2D eigenvalue weighted by Crippen LogP contribution is 2.48. The van der Waals surface area contributed by atoms with Gasteiger partial charge in [0, 0.05) is 84.6 Å². The number of hydrogen-bond acceptors (Lipinski definition) is 15. The average Bonchev–Trinajstić information content (AvgIpc) is 3.90. The molecule has 0 spiro atoms. The summed E-state index contributed by atoms with van der Waals surface area (Å²) in [6.45, 7) is 8.87. The molecule has 2 aliphatic carbocycles. The van der Waals surface area contributed by atoms with Crippen molar-refractivity contribution in [1.29, 1.82) is 0 Å². The number of fused-ring (bicyclic) bond motifs is 2. The van der Waals surface area contributed by atoms with Crippen molar-refractivity contribution in [3.05, 3.63) is 59.3 Å². The van der Waals surface area contributed by atoms with Gasteiger partial charge < -0.3 is 50.5 Å². The summed E-state index contributed by atoms with van der Waals surface area (Å²) in [6, 6.07) is 12.6. The molecule has 6 N–H and O–H groups in total. The standard InChI is InChI=1S/C57H85N11O12/c1-38(2)43-32-41(55(77)63(6)20-10-19-62(4)5)13-14-45(43)68-46(53-47(79-7)11-9-12-48(53)80-8)33-44(61-68)54(76)60-57(16-15-40-29-39(3)30-42(57)31-40)56(78)59-18-17-58-49(69)34-64-21-23-65(35-50(70)71)25-27-67(37-52(74)75)28-26-66(24-22-64)36-51(72)73/h9,11-14,32-33,38-40,42H,10,15-31,34-37H2,1-8H3,(H,58,69)(H,59,78)(H,60,76)(H,70,71)(H,72,73)(H,74,75). The fourth-order valence-corrected chi connectivity index (χ4v) is 11.6. The molecule has 6 rings (SSSR count). The minimum atomic E-state index is -1.31. The quantitative estimate of drug-likeness (QED) is 0.0704. The van der Waals surface area contributed by atoms with Gasteiger partial charge in [-0.2, -0.15) is 5.10 Å². The fourth-order valence-electron chi connectivity index (χ4n) is 11.6. The minimum Gasteiger partial charge on any atom is -0.496 e. The van der Waals surface area contributed by atoms with Crippen LogP contribution in [0.4, 0.5) is 0 Å². The number of aliphatic carboxylic acids is 3. The Morgan fingerprint density at radius 1 is 0.725 bits per heavy atom. The molecule has 2 heterocycles. The Labute approximate surface area is 469 Å². The van der Waals surface area contributed by atoms with Crippen LogP contribution in [0.25, 0.3) is 16.9 Å². The number of aromatic nitrogens is 2. The van der Waals surface area contributed by atoms with Crippen LogP contribution in [0.1, 0.15) is 91.6 Å². The van der Waals surface area contributed by atoms with Gasteiger partial charge in [-0.25, -0.2) is 4.68 Å². The predicted octanol–water partition coefficient (Wildman–Crippen LogP) is 2.73. The Bertz CT molecular complexity index is 2590. The van der Waals surface area contributed by atoms with E-state index >= 15 is 4.79 Å². The third-order valence-corrected chi connectivity index (χ3v) is 15.7. The predicted molar refractivity (Wildman–Crippen MR) is 300 cm³/mol. The normalized spacial score (nSPS) is 20.8. The molecule has 4 atom stereocenters. The molecule has 3 aromatic rings. The third-order valence-electron chi connectivity index (χ3n) is 15.7. The Morgan fingerprint density at radius 3 is 1.80 bits per heavy atom. The summed E-state index contributed by atoms with van der Waals surface area (Å²) in [4.78, 5) is 103. The first kappa shape index (κ1) is 62.5. The first-order chi connectivity index (χ1) is 38.1. The van der Waals surface area contributed by atoms with E-state index < -0.39 is 29.4 Å². The van der Waals surface area contributed by atoms with Gasteiger partial charge >= 0.3 is 17.9 Å². The van der Waals surface area contributed by atoms with Crippen LogP contribution in [0.2, 0.25) is 0 Å². The molecule has 1 saturated heterocycles. The first-order valence-electron chi connectivity index (χ1n) is 27.9. The van der Waals surface area contributed by atoms with Gasteiger partial charge in [-0.3, -0.25) is 53.2 Å². The summed E-state index contributed by atoms with van der Waals surface area (Å²) < 4.78 is 13.5. The molecule has 23 nitrogen and oxygen atoms in total. The number of carboxylic acid groups (broad SMARTS) is 3. The van der Waals surface area contributed by atoms with E-state index in [1.54, 1.807) is 75.9 Å². The van der Waals surface area contributed by atoms with E-state index in [0.29, 0.717) is 58.8 Å². The smallest absolute Gasteiger partial charge is 0.317 e. The summed E-state index contributed by atoms with van der Waals surface area (Å²) in [5.74, 6) is -3.13. The van der Waals surface area contributed by atoms with E-state index in [2.05, 4.69) is 27.8 Å². The van der Waals surface area contributed by atoms with E-state index in [4.69, 9.17) is 14.6 Å². The van der Waals surface area contributed by atoms with Crippen LogP contribution < -0.4 is 25.4 Å². The lowest BCUT2D eigenvalue weighted by molar-refractivity contribution is -0.140. The SMILES string of the molecule is COc1cccc(OC)c1-c1cc(C(=O)NC2(C(=O)NCCNC(=O)CN3CCN(CC(=O)O)CCN(CC(=O)O)CCN(CC(=O)O)CC3)CCC3CC(C)CC2C3)nn1-c1ccc(C(=O)N(C)CCCN(C)C)cc1C(C)C. The second-order valence-electron chi connectivity index (χ2n) is 22.4. The zero-order valence-electron chi connectivity index (χ0n) is 48.0. The van der Waals surface area contributed by atoms with E-state index in [1.165, 1.54) is 0 Å². The van der Waals surface area contributed by atoms with Gasteiger partial charge in [-0.1, -0.05) is 26.8 Å². The maximum Gasteiger partial charge on any atom is 0.317 e. The Morgan fingerprint density at radius 2 is 1.27 bits per heavy atom. The summed E-state index contributed by atoms with van der Waals surface area (Å²) in [5, 5.41) is 43.0. The van der Waals surface area contributed by atoms with Gasteiger partial charge in [0.05, 0.1) is 57.3 Å². The third kappa shape index (κ3) is 16.9. The van der Waals surface area contributed by atoms with E-state index in [-0.39, 0.29) is 127 Å². The van der Waals surface area contributed by atoms with Crippen LogP contribution in [-0.4, -0.2) is 242 Å². The second-order valence-corrected chi connectivity index (χ2v) is 22.4. The van der Waals surface area contributed by atoms with Gasteiger partial charge in [0.25, 0.3) is 11.8 Å². The molecular weight excluding hydrogens is 1030 g/mol. The lowest BCUT2D eigenvalue weighted by Crippen LogP contribution is -2.66. The number of ether oxygens (including phenoxy) is 2. The van der Waals surface area contributed by atoms with Crippen molar-refractivity contribution in [1.82, 2.24) is 55.1 Å². The van der Waals surface area contributed by atoms with Crippen molar-refractivity contribution in [2.75, 3.05) is 140 Å². The summed E-state index contributed by atoms with van der Waals surface area (Å²) in [5.41, 5.74) is 1.75. The lowest BCUT2D eigenvalue weighted by Gasteiger charge is -2.50. The molecular formula is C57H85N11O12. The number of amides is 4. The van der Waals surface area contributed by atoms with E-state index in [9.17, 15) is 44.1 Å². The molecule has 1 aliphatic heterocycles. The van der Waals surface area contributed by atoms with Gasteiger partial charge in [-0.05, 0) is 125 Å². The van der Waals surface area contributed by atoms with Crippen molar-refractivity contribution < 1.29 is 58.4 Å². The van der Waals surface area contributed by atoms with Crippen LogP contribution in [-0.2, 0) is 24.0 Å². The number of benzene rings is 2. The molecule has 1 aromatic heterocycles. The molecule has 3 aliphatic rings. The summed E-state index contributed by atoms with van der Waals surface area (Å²) >= 11 is 0. The highest BCUT2D eigenvalue weighted by atomic mass is 16.5. The molecule has 4 unspecified atom stereocenters. The van der Waals surface area contributed by atoms with Crippen LogP contribution in [0.5, 0.6) is 11.5 Å². The molecule has 440 valence electrons. The van der Waals surface area contributed by atoms with Crippen molar-refractivity contribution >= 4 is 41.5 Å². The monoisotopic (exact) mass is 1120 g/mol. The van der Waals surface area contributed by atoms with Gasteiger partial charge in [0.2, 0.25) is 11.8 Å². The van der Waals surface area contributed by atoms with Crippen molar-refractivity contribution in [2.45, 2.75) is 70.8 Å². The summed E-state index contributed by atoms with van der Waals surface area (Å²) in [6.07, 6.45) is 4.45. The number of nitrogens with zero attached hydrogens (tertiary/aromatic N) is 8. The number of carbonyl (C=O) groups excluding carboxylic acids is 4. The van der Waals surface area contributed by atoms with Crippen LogP contribution in [0.3, 0.4) is 0 Å². The van der Waals surface area contributed by atoms with Crippen LogP contribution >= 0.6 is 0 Å². The van der Waals surface area contributed by atoms with Gasteiger partial charge in [-0.15, -0.1) is 0 Å². The molecule has 80 heavy (non-hydrogen) atoms. The van der Waals surface area contributed by atoms with Crippen molar-refractivity contribution in [3.63, 3.8) is 0 Å². The molecule has 4 amide bonds. The number of hydrogen-bond donors (Lipinski definition) is 6. The second kappa shape index (κ2) is 29.2. The van der Waals surface area contributed by atoms with Crippen LogP contribution in [0, 0.1) is 17.8 Å². The van der Waals surface area contributed by atoms with Gasteiger partial charge in [0.1, 0.15) is 17.0 Å². The highest BCUT2D eigenvalue weighted by molar-refractivity contribution is 6.00. The number of nitrogens with one attached hydrogen (secondary N) is 3. The minimum absolute atomic E-state index is 0.0490. The molecule has 2 saturated carbocycles. The number of carboxylic acids is 3. The summed E-state index contributed by atoms with van der Waals surface area (Å²) in [7, 11) is 8.90. The molecule has 2 bridgehead atoms. The van der Waals surface area contributed by atoms with Crippen LogP contribution in [0.15, 0.2) is 42.5 Å². The Balaban J connectivity index is 1.23. The Kier molecular flexibility index (Phi) is 22.8. The zero-order chi connectivity index (χ0) is 58.3. The molecule has 23 heteroatoms. The van der Waals surface area contributed by atoms with Gasteiger partial charge in [0.15, 0.2) is 5.69 Å². The first-order valence-corrected chi connectivity index (χ1v) is 27.9. The largest absolute Gasteiger partial charge is 0.496 e. The lowest BCUT2D eigenvalue weighted by atomic mass is 9.60. The van der Waals surface area contributed by atoms with Crippen molar-refractivity contribution in [3.8, 4) is 28.4 Å². The number of methoxy groups -OCH3 is 2. The topological polar surface area (TPSA) is 272 Å². The maximum atomic E-state index is 15.1. The van der Waals surface area contributed by atoms with E-state index in [0.717, 1.165) is 44.2 Å². The number of carbonyl (C=O) groups is 7. The maximum absolute atomic E-state index is 15.1. The number of rotatable bonds is 24. The van der Waals surface area contributed by atoms with Crippen molar-refractivity contribution in [2.24, 2.45) is 17.8 Å². The zero-order valence-corrected chi connectivity index (χ0v) is 48.0. The molecule has 0 radical (unpaired) electrons. The molecule has 2 aromatic carbocycles. The average molecular weight is 1120 g/mol. The fraction of sp³-hybridized carbons (Fsp3) is 0.614. The van der Waals surface area contributed by atoms with E-state index in [1.807, 2.05) is 45.0 Å².